The molecule has 0 aliphatic carbocycles. The van der Waals surface area contributed by atoms with Gasteiger partial charge < -0.3 is 15.2 Å². The van der Waals surface area contributed by atoms with Crippen molar-refractivity contribution in [1.82, 2.24) is 10.5 Å². The fourth-order valence-corrected chi connectivity index (χ4v) is 2.35. The average molecular weight is 322 g/mol. The summed E-state index contributed by atoms with van der Waals surface area (Å²) >= 11 is 5.92. The number of benzene rings is 1. The Hall–Kier alpha value is -1.85. The monoisotopic (exact) mass is 321 g/mol. The van der Waals surface area contributed by atoms with Crippen LogP contribution in [0.25, 0.3) is 0 Å². The highest BCUT2D eigenvalue weighted by Crippen LogP contribution is 2.23. The van der Waals surface area contributed by atoms with Crippen molar-refractivity contribution in [3.8, 4) is 0 Å². The van der Waals surface area contributed by atoms with Gasteiger partial charge in [0.2, 0.25) is 5.91 Å². The van der Waals surface area contributed by atoms with Crippen LogP contribution in [-0.2, 0) is 4.79 Å². The molecule has 2 rings (SSSR count). The summed E-state index contributed by atoms with van der Waals surface area (Å²) in [7, 11) is 0. The van der Waals surface area contributed by atoms with E-state index >= 15 is 0 Å². The van der Waals surface area contributed by atoms with Gasteiger partial charge in [0.15, 0.2) is 5.82 Å². The second-order valence-corrected chi connectivity index (χ2v) is 5.96. The molecule has 0 aliphatic rings. The molecule has 1 aromatic heterocycles. The van der Waals surface area contributed by atoms with E-state index in [0.29, 0.717) is 22.5 Å². The molecule has 22 heavy (non-hydrogen) atoms. The standard InChI is InChI=1S/C16H20ClN3O2/c1-10(2)16(12-4-6-13(17)7-5-12)18-9-15(21)19-14-8-11(3)22-20-14/h4-8,10,16,18H,9H2,1-3H3,(H,19,20,21). The van der Waals surface area contributed by atoms with Crippen molar-refractivity contribution in [3.63, 3.8) is 0 Å². The van der Waals surface area contributed by atoms with Crippen LogP contribution in [0.1, 0.15) is 31.2 Å². The molecule has 1 atom stereocenters. The van der Waals surface area contributed by atoms with E-state index in [1.54, 1.807) is 13.0 Å². The summed E-state index contributed by atoms with van der Waals surface area (Å²) in [5, 5.41) is 10.4. The lowest BCUT2D eigenvalue weighted by molar-refractivity contribution is -0.115. The minimum absolute atomic E-state index is 0.0714. The smallest absolute Gasteiger partial charge is 0.239 e. The summed E-state index contributed by atoms with van der Waals surface area (Å²) in [6.45, 7) is 6.17. The van der Waals surface area contributed by atoms with Gasteiger partial charge in [-0.15, -0.1) is 0 Å². The number of carbonyl (C=O) groups excluding carboxylic acids is 1. The number of hydrogen-bond acceptors (Lipinski definition) is 4. The Bertz CT molecular complexity index is 623. The third-order valence-corrected chi connectivity index (χ3v) is 3.53. The van der Waals surface area contributed by atoms with Crippen molar-refractivity contribution in [2.75, 3.05) is 11.9 Å². The summed E-state index contributed by atoms with van der Waals surface area (Å²) in [4.78, 5) is 12.0. The predicted octanol–water partition coefficient (Wildman–Crippen LogP) is 3.56. The zero-order valence-corrected chi connectivity index (χ0v) is 13.6. The SMILES string of the molecule is Cc1cc(NC(=O)CNC(c2ccc(Cl)cc2)C(C)C)no1. The Morgan fingerprint density at radius 3 is 2.55 bits per heavy atom. The molecule has 1 heterocycles. The van der Waals surface area contributed by atoms with Crippen molar-refractivity contribution in [2.45, 2.75) is 26.8 Å². The Morgan fingerprint density at radius 2 is 2.00 bits per heavy atom. The summed E-state index contributed by atoms with van der Waals surface area (Å²) in [5.41, 5.74) is 1.10. The highest BCUT2D eigenvalue weighted by molar-refractivity contribution is 6.30. The Labute approximate surface area is 135 Å². The van der Waals surface area contributed by atoms with Gasteiger partial charge in [-0.25, -0.2) is 0 Å². The van der Waals surface area contributed by atoms with Crippen LogP contribution >= 0.6 is 11.6 Å². The van der Waals surface area contributed by atoms with E-state index in [9.17, 15) is 4.79 Å². The molecule has 0 aliphatic heterocycles. The van der Waals surface area contributed by atoms with Crippen molar-refractivity contribution in [1.29, 1.82) is 0 Å². The van der Waals surface area contributed by atoms with Gasteiger partial charge in [0.05, 0.1) is 6.54 Å². The van der Waals surface area contributed by atoms with Gasteiger partial charge >= 0.3 is 0 Å². The number of amides is 1. The van der Waals surface area contributed by atoms with E-state index in [0.717, 1.165) is 5.56 Å². The quantitative estimate of drug-likeness (QED) is 0.853. The molecule has 5 nitrogen and oxygen atoms in total. The van der Waals surface area contributed by atoms with Gasteiger partial charge in [-0.05, 0) is 30.5 Å². The van der Waals surface area contributed by atoms with Crippen molar-refractivity contribution < 1.29 is 9.32 Å². The zero-order chi connectivity index (χ0) is 16.1. The summed E-state index contributed by atoms with van der Waals surface area (Å²) < 4.78 is 4.91. The highest BCUT2D eigenvalue weighted by atomic mass is 35.5. The lowest BCUT2D eigenvalue weighted by atomic mass is 9.96. The molecule has 2 N–H and O–H groups in total. The fraction of sp³-hybridized carbons (Fsp3) is 0.375. The van der Waals surface area contributed by atoms with E-state index in [1.165, 1.54) is 0 Å². The van der Waals surface area contributed by atoms with Gasteiger partial charge in [0.1, 0.15) is 5.76 Å². The molecule has 1 amide bonds. The van der Waals surface area contributed by atoms with E-state index in [4.69, 9.17) is 16.1 Å². The Morgan fingerprint density at radius 1 is 1.32 bits per heavy atom. The lowest BCUT2D eigenvalue weighted by Gasteiger charge is -2.22. The second kappa shape index (κ2) is 7.42. The number of anilines is 1. The van der Waals surface area contributed by atoms with E-state index in [2.05, 4.69) is 29.6 Å². The third-order valence-electron chi connectivity index (χ3n) is 3.27. The lowest BCUT2D eigenvalue weighted by Crippen LogP contribution is -2.33. The molecule has 0 saturated heterocycles. The summed E-state index contributed by atoms with van der Waals surface area (Å²) in [6.07, 6.45) is 0. The molecular weight excluding hydrogens is 302 g/mol. The van der Waals surface area contributed by atoms with Gasteiger partial charge in [-0.1, -0.05) is 42.7 Å². The van der Waals surface area contributed by atoms with Gasteiger partial charge in [-0.2, -0.15) is 0 Å². The second-order valence-electron chi connectivity index (χ2n) is 5.53. The van der Waals surface area contributed by atoms with E-state index in [1.807, 2.05) is 24.3 Å². The Kier molecular flexibility index (Phi) is 5.57. The zero-order valence-electron chi connectivity index (χ0n) is 12.9. The van der Waals surface area contributed by atoms with Gasteiger partial charge in [-0.3, -0.25) is 4.79 Å². The molecule has 118 valence electrons. The first kappa shape index (κ1) is 16.5. The maximum atomic E-state index is 12.0. The molecule has 2 aromatic rings. The predicted molar refractivity (Wildman–Crippen MR) is 86.9 cm³/mol. The van der Waals surface area contributed by atoms with Crippen LogP contribution in [-0.4, -0.2) is 17.6 Å². The minimum atomic E-state index is -0.159. The van der Waals surface area contributed by atoms with Crippen LogP contribution in [0.3, 0.4) is 0 Å². The van der Waals surface area contributed by atoms with Gasteiger partial charge in [0, 0.05) is 17.1 Å². The molecule has 0 spiro atoms. The first-order valence-corrected chi connectivity index (χ1v) is 7.55. The van der Waals surface area contributed by atoms with Crippen LogP contribution in [0.4, 0.5) is 5.82 Å². The van der Waals surface area contributed by atoms with Gasteiger partial charge in [0.25, 0.3) is 0 Å². The Balaban J connectivity index is 1.94. The number of aryl methyl sites for hydroxylation is 1. The fourth-order valence-electron chi connectivity index (χ4n) is 2.22. The molecule has 1 unspecified atom stereocenters. The van der Waals surface area contributed by atoms with E-state index in [-0.39, 0.29) is 18.5 Å². The normalized spacial score (nSPS) is 12.4. The van der Waals surface area contributed by atoms with Crippen LogP contribution in [0.15, 0.2) is 34.9 Å². The average Bonchev–Trinajstić information content (AvgIpc) is 2.86. The van der Waals surface area contributed by atoms with Crippen molar-refractivity contribution >= 4 is 23.3 Å². The molecule has 0 bridgehead atoms. The summed E-state index contributed by atoms with van der Waals surface area (Å²) in [5.74, 6) is 1.26. The van der Waals surface area contributed by atoms with Crippen LogP contribution in [0.5, 0.6) is 0 Å². The molecule has 6 heteroatoms. The molecule has 0 fully saturated rings. The van der Waals surface area contributed by atoms with Crippen molar-refractivity contribution in [2.24, 2.45) is 5.92 Å². The topological polar surface area (TPSA) is 67.2 Å². The molecule has 0 saturated carbocycles. The van der Waals surface area contributed by atoms with Crippen LogP contribution in [0.2, 0.25) is 5.02 Å². The minimum Gasteiger partial charge on any atom is -0.360 e. The third kappa shape index (κ3) is 4.58. The largest absolute Gasteiger partial charge is 0.360 e. The number of nitrogens with zero attached hydrogens (tertiary/aromatic N) is 1. The summed E-state index contributed by atoms with van der Waals surface area (Å²) in [6, 6.07) is 9.40. The number of aromatic nitrogens is 1. The maximum Gasteiger partial charge on any atom is 0.239 e. The molecule has 1 aromatic carbocycles. The van der Waals surface area contributed by atoms with Crippen molar-refractivity contribution in [3.05, 3.63) is 46.7 Å². The molecular formula is C16H20ClN3O2. The maximum absolute atomic E-state index is 12.0. The van der Waals surface area contributed by atoms with Crippen LogP contribution < -0.4 is 10.6 Å². The number of hydrogen-bond donors (Lipinski definition) is 2. The number of rotatable bonds is 6. The van der Waals surface area contributed by atoms with E-state index < -0.39 is 0 Å². The first-order valence-electron chi connectivity index (χ1n) is 7.17. The molecule has 0 radical (unpaired) electrons. The van der Waals surface area contributed by atoms with Crippen LogP contribution in [0, 0.1) is 12.8 Å². The highest BCUT2D eigenvalue weighted by Gasteiger charge is 2.17. The number of carbonyl (C=O) groups is 1. The number of nitrogens with one attached hydrogen (secondary N) is 2. The first-order chi connectivity index (χ1) is 10.5. The number of halogens is 1.